The minimum absolute atomic E-state index is 0.0771. The third kappa shape index (κ3) is 3.15. The maximum absolute atomic E-state index is 12.3. The largest absolute Gasteiger partial charge is 0.392 e. The van der Waals surface area contributed by atoms with Crippen LogP contribution in [0.4, 0.5) is 5.69 Å². The maximum Gasteiger partial charge on any atom is 0.262 e. The molecule has 0 bridgehead atoms. The number of nitrogens with one attached hydrogen (secondary N) is 1. The van der Waals surface area contributed by atoms with E-state index in [2.05, 4.69) is 20.7 Å². The first-order chi connectivity index (χ1) is 9.04. The van der Waals surface area contributed by atoms with E-state index in [0.29, 0.717) is 15.7 Å². The van der Waals surface area contributed by atoms with Gasteiger partial charge in [-0.25, -0.2) is 8.42 Å². The first-order valence-corrected chi connectivity index (χ1v) is 7.78. The van der Waals surface area contributed by atoms with Crippen LogP contribution < -0.4 is 4.72 Å². The van der Waals surface area contributed by atoms with Crippen molar-refractivity contribution in [3.8, 4) is 0 Å². The Morgan fingerprint density at radius 1 is 1.05 bits per heavy atom. The Balaban J connectivity index is 2.41. The van der Waals surface area contributed by atoms with Crippen molar-refractivity contribution in [2.45, 2.75) is 11.5 Å². The molecule has 0 radical (unpaired) electrons. The molecule has 0 unspecified atom stereocenters. The van der Waals surface area contributed by atoms with Crippen molar-refractivity contribution >= 4 is 31.6 Å². The van der Waals surface area contributed by atoms with Gasteiger partial charge in [-0.1, -0.05) is 30.3 Å². The second-order valence-corrected chi connectivity index (χ2v) is 6.36. The fourth-order valence-corrected chi connectivity index (χ4v) is 3.47. The summed E-state index contributed by atoms with van der Waals surface area (Å²) in [5.74, 6) is 0. The standard InChI is InChI=1S/C13H12BrNO3S/c14-11-6-2-3-7-12(11)15-19(17,18)13-8-4-1-5-10(13)9-16/h1-8,15-16H,9H2. The molecule has 0 aliphatic heterocycles. The average Bonchev–Trinajstić information content (AvgIpc) is 2.41. The summed E-state index contributed by atoms with van der Waals surface area (Å²) in [6.07, 6.45) is 0. The molecule has 4 nitrogen and oxygen atoms in total. The molecular weight excluding hydrogens is 330 g/mol. The topological polar surface area (TPSA) is 66.4 Å². The van der Waals surface area contributed by atoms with Gasteiger partial charge in [0.15, 0.2) is 0 Å². The number of para-hydroxylation sites is 1. The Labute approximate surface area is 120 Å². The Morgan fingerprint density at radius 3 is 2.37 bits per heavy atom. The molecular formula is C13H12BrNO3S. The summed E-state index contributed by atoms with van der Waals surface area (Å²) in [6, 6.07) is 13.3. The van der Waals surface area contributed by atoms with Crippen LogP contribution in [-0.4, -0.2) is 13.5 Å². The van der Waals surface area contributed by atoms with Crippen LogP contribution in [0, 0.1) is 0 Å². The van der Waals surface area contributed by atoms with Crippen LogP contribution in [0.3, 0.4) is 0 Å². The van der Waals surface area contributed by atoms with Crippen LogP contribution in [-0.2, 0) is 16.6 Å². The number of anilines is 1. The lowest BCUT2D eigenvalue weighted by molar-refractivity contribution is 0.278. The van der Waals surface area contributed by atoms with Crippen molar-refractivity contribution in [3.05, 3.63) is 58.6 Å². The van der Waals surface area contributed by atoms with Gasteiger partial charge in [0, 0.05) is 4.47 Å². The Morgan fingerprint density at radius 2 is 1.68 bits per heavy atom. The molecule has 0 heterocycles. The Bertz CT molecular complexity index is 686. The van der Waals surface area contributed by atoms with Gasteiger partial charge in [-0.05, 0) is 39.7 Å². The SMILES string of the molecule is O=S(=O)(Nc1ccccc1Br)c1ccccc1CO. The summed E-state index contributed by atoms with van der Waals surface area (Å²) in [6.45, 7) is -0.326. The number of halogens is 1. The minimum Gasteiger partial charge on any atom is -0.392 e. The van der Waals surface area contributed by atoms with E-state index in [9.17, 15) is 13.5 Å². The van der Waals surface area contributed by atoms with Gasteiger partial charge in [-0.2, -0.15) is 0 Å². The van der Waals surface area contributed by atoms with Gasteiger partial charge in [0.2, 0.25) is 0 Å². The number of rotatable bonds is 4. The van der Waals surface area contributed by atoms with Crippen molar-refractivity contribution in [1.82, 2.24) is 0 Å². The van der Waals surface area contributed by atoms with Crippen molar-refractivity contribution in [1.29, 1.82) is 0 Å². The lowest BCUT2D eigenvalue weighted by Crippen LogP contribution is -2.15. The molecule has 0 aromatic heterocycles. The molecule has 0 fully saturated rings. The molecule has 0 atom stereocenters. The highest BCUT2D eigenvalue weighted by molar-refractivity contribution is 9.10. The second kappa shape index (κ2) is 5.73. The zero-order chi connectivity index (χ0) is 13.9. The Hall–Kier alpha value is -1.37. The summed E-state index contributed by atoms with van der Waals surface area (Å²) in [7, 11) is -3.72. The van der Waals surface area contributed by atoms with E-state index in [1.54, 1.807) is 42.5 Å². The maximum atomic E-state index is 12.3. The molecule has 0 saturated heterocycles. The number of benzene rings is 2. The van der Waals surface area contributed by atoms with Crippen molar-refractivity contribution in [3.63, 3.8) is 0 Å². The highest BCUT2D eigenvalue weighted by atomic mass is 79.9. The molecule has 19 heavy (non-hydrogen) atoms. The van der Waals surface area contributed by atoms with Crippen LogP contribution in [0.5, 0.6) is 0 Å². The van der Waals surface area contributed by atoms with Crippen LogP contribution >= 0.6 is 15.9 Å². The van der Waals surface area contributed by atoms with Gasteiger partial charge < -0.3 is 5.11 Å². The van der Waals surface area contributed by atoms with Gasteiger partial charge in [0.1, 0.15) is 0 Å². The van der Waals surface area contributed by atoms with Crippen LogP contribution in [0.1, 0.15) is 5.56 Å². The minimum atomic E-state index is -3.72. The third-order valence-corrected chi connectivity index (χ3v) is 4.71. The first kappa shape index (κ1) is 14.0. The van der Waals surface area contributed by atoms with Crippen molar-refractivity contribution in [2.24, 2.45) is 0 Å². The smallest absolute Gasteiger partial charge is 0.262 e. The van der Waals surface area contributed by atoms with Gasteiger partial charge in [0.25, 0.3) is 10.0 Å². The molecule has 0 aliphatic rings. The molecule has 0 spiro atoms. The molecule has 2 rings (SSSR count). The number of aliphatic hydroxyl groups excluding tert-OH is 1. The zero-order valence-corrected chi connectivity index (χ0v) is 12.3. The van der Waals surface area contributed by atoms with Gasteiger partial charge in [-0.15, -0.1) is 0 Å². The predicted octanol–water partition coefficient (Wildman–Crippen LogP) is 2.74. The fraction of sp³-hybridized carbons (Fsp3) is 0.0769. The molecule has 2 aromatic rings. The third-order valence-electron chi connectivity index (χ3n) is 2.55. The molecule has 0 aliphatic carbocycles. The molecule has 0 amide bonds. The van der Waals surface area contributed by atoms with Gasteiger partial charge in [0.05, 0.1) is 17.2 Å². The summed E-state index contributed by atoms with van der Waals surface area (Å²) in [4.78, 5) is 0.0771. The molecule has 0 saturated carbocycles. The predicted molar refractivity (Wildman–Crippen MR) is 77.3 cm³/mol. The lowest BCUT2D eigenvalue weighted by Gasteiger charge is -2.12. The molecule has 100 valence electrons. The van der Waals surface area contributed by atoms with Gasteiger partial charge in [-0.3, -0.25) is 4.72 Å². The fourth-order valence-electron chi connectivity index (χ4n) is 1.64. The number of aliphatic hydroxyl groups is 1. The number of sulfonamides is 1. The monoisotopic (exact) mass is 341 g/mol. The van der Waals surface area contributed by atoms with E-state index in [1.807, 2.05) is 0 Å². The van der Waals surface area contributed by atoms with E-state index >= 15 is 0 Å². The molecule has 6 heteroatoms. The zero-order valence-electron chi connectivity index (χ0n) is 9.88. The molecule has 2 aromatic carbocycles. The lowest BCUT2D eigenvalue weighted by atomic mass is 10.2. The first-order valence-electron chi connectivity index (χ1n) is 5.51. The summed E-state index contributed by atoms with van der Waals surface area (Å²) >= 11 is 3.28. The van der Waals surface area contributed by atoms with Crippen molar-refractivity contribution < 1.29 is 13.5 Å². The van der Waals surface area contributed by atoms with Crippen LogP contribution in [0.25, 0.3) is 0 Å². The highest BCUT2D eigenvalue weighted by Crippen LogP contribution is 2.25. The Kier molecular flexibility index (Phi) is 4.24. The second-order valence-electron chi connectivity index (χ2n) is 3.85. The summed E-state index contributed by atoms with van der Waals surface area (Å²) in [5.41, 5.74) is 0.817. The average molecular weight is 342 g/mol. The quantitative estimate of drug-likeness (QED) is 0.898. The van der Waals surface area contributed by atoms with Gasteiger partial charge >= 0.3 is 0 Å². The van der Waals surface area contributed by atoms with E-state index < -0.39 is 10.0 Å². The number of hydrogen-bond acceptors (Lipinski definition) is 3. The van der Waals surface area contributed by atoms with E-state index in [4.69, 9.17) is 0 Å². The van der Waals surface area contributed by atoms with E-state index in [0.717, 1.165) is 0 Å². The summed E-state index contributed by atoms with van der Waals surface area (Å²) in [5, 5.41) is 9.20. The molecule has 2 N–H and O–H groups in total. The van der Waals surface area contributed by atoms with Crippen molar-refractivity contribution in [2.75, 3.05) is 4.72 Å². The number of hydrogen-bond donors (Lipinski definition) is 2. The normalized spacial score (nSPS) is 11.3. The highest BCUT2D eigenvalue weighted by Gasteiger charge is 2.18. The van der Waals surface area contributed by atoms with Crippen LogP contribution in [0.15, 0.2) is 57.9 Å². The summed E-state index contributed by atoms with van der Waals surface area (Å²) < 4.78 is 27.7. The van der Waals surface area contributed by atoms with Crippen LogP contribution in [0.2, 0.25) is 0 Å². The van der Waals surface area contributed by atoms with E-state index in [-0.39, 0.29) is 11.5 Å². The van der Waals surface area contributed by atoms with E-state index in [1.165, 1.54) is 6.07 Å².